The van der Waals surface area contributed by atoms with E-state index in [4.69, 9.17) is 0 Å². The normalized spacial score (nSPS) is 12.6. The van der Waals surface area contributed by atoms with E-state index in [0.717, 1.165) is 44.2 Å². The summed E-state index contributed by atoms with van der Waals surface area (Å²) in [6.07, 6.45) is 14.6. The van der Waals surface area contributed by atoms with E-state index in [2.05, 4.69) is 24.1 Å². The van der Waals surface area contributed by atoms with Gasteiger partial charge in [0.1, 0.15) is 10.8 Å². The maximum absolute atomic E-state index is 13.1. The summed E-state index contributed by atoms with van der Waals surface area (Å²) >= 11 is 1.32. The van der Waals surface area contributed by atoms with Crippen molar-refractivity contribution >= 4 is 23.1 Å². The zero-order valence-electron chi connectivity index (χ0n) is 22.7. The molecule has 0 aliphatic heterocycles. The van der Waals surface area contributed by atoms with Crippen LogP contribution in [0.5, 0.6) is 0 Å². The summed E-state index contributed by atoms with van der Waals surface area (Å²) in [5.74, 6) is 0.469. The number of carbonyl (C=O) groups excluding carboxylic acids is 1. The van der Waals surface area contributed by atoms with Gasteiger partial charge in [-0.15, -0.1) is 11.3 Å². The van der Waals surface area contributed by atoms with Gasteiger partial charge >= 0.3 is 6.18 Å². The summed E-state index contributed by atoms with van der Waals surface area (Å²) in [5, 5.41) is 5.35. The predicted molar refractivity (Wildman–Crippen MR) is 150 cm³/mol. The van der Waals surface area contributed by atoms with Crippen molar-refractivity contribution in [2.24, 2.45) is 5.92 Å². The molecule has 0 aliphatic rings. The number of unbranched alkanes of at least 4 members (excludes halogenated alkanes) is 12. The molecule has 1 atom stereocenters. The van der Waals surface area contributed by atoms with E-state index in [-0.39, 0.29) is 11.8 Å². The van der Waals surface area contributed by atoms with Gasteiger partial charge in [-0.05, 0) is 25.0 Å². The Balaban J connectivity index is 1.88. The largest absolute Gasteiger partial charge is 0.416 e. The Kier molecular flexibility index (Phi) is 14.9. The summed E-state index contributed by atoms with van der Waals surface area (Å²) in [5.41, 5.74) is -0.0686. The number of nitrogens with zero attached hydrogens (tertiary/aromatic N) is 1. The summed E-state index contributed by atoms with van der Waals surface area (Å²) in [4.78, 5) is 17.6. The van der Waals surface area contributed by atoms with Crippen molar-refractivity contribution in [2.45, 2.75) is 123 Å². The van der Waals surface area contributed by atoms with Crippen LogP contribution in [0.3, 0.4) is 0 Å². The van der Waals surface area contributed by atoms with Crippen molar-refractivity contribution in [3.05, 3.63) is 35.2 Å². The first-order chi connectivity index (χ1) is 17.8. The van der Waals surface area contributed by atoms with E-state index >= 15 is 0 Å². The van der Waals surface area contributed by atoms with Crippen molar-refractivity contribution in [3.8, 4) is 10.6 Å². The van der Waals surface area contributed by atoms with Crippen molar-refractivity contribution < 1.29 is 18.0 Å². The number of alkyl halides is 3. The third-order valence-electron chi connectivity index (χ3n) is 6.90. The molecule has 0 radical (unpaired) electrons. The highest BCUT2D eigenvalue weighted by atomic mass is 32.1. The Morgan fingerprint density at radius 1 is 0.811 bits per heavy atom. The molecule has 1 heterocycles. The number of thiazole rings is 1. The molecule has 3 nitrogen and oxygen atoms in total. The molecule has 7 heteroatoms. The third-order valence-corrected chi connectivity index (χ3v) is 7.79. The SMILES string of the molecule is CCCCCCCCCCC(CCCCCCCC)C(=O)Nc1csc(-c2ccc(C(F)(F)F)cc2)n1. The lowest BCUT2D eigenvalue weighted by atomic mass is 9.93. The number of carbonyl (C=O) groups is 1. The second kappa shape index (κ2) is 17.6. The summed E-state index contributed by atoms with van der Waals surface area (Å²) in [7, 11) is 0. The molecule has 0 aliphatic carbocycles. The van der Waals surface area contributed by atoms with Crippen molar-refractivity contribution in [1.82, 2.24) is 4.98 Å². The first-order valence-electron chi connectivity index (χ1n) is 14.3. The average Bonchev–Trinajstić information content (AvgIpc) is 3.34. The fourth-order valence-electron chi connectivity index (χ4n) is 4.60. The van der Waals surface area contributed by atoms with Crippen LogP contribution in [0.2, 0.25) is 0 Å². The molecule has 1 aromatic heterocycles. The van der Waals surface area contributed by atoms with Crippen LogP contribution in [-0.4, -0.2) is 10.9 Å². The number of hydrogen-bond donors (Lipinski definition) is 1. The summed E-state index contributed by atoms with van der Waals surface area (Å²) in [6.45, 7) is 4.45. The van der Waals surface area contributed by atoms with Crippen molar-refractivity contribution in [1.29, 1.82) is 0 Å². The fraction of sp³-hybridized carbons (Fsp3) is 0.667. The van der Waals surface area contributed by atoms with Crippen LogP contribution in [0, 0.1) is 5.92 Å². The van der Waals surface area contributed by atoms with Gasteiger partial charge < -0.3 is 5.32 Å². The second-order valence-electron chi connectivity index (χ2n) is 10.1. The van der Waals surface area contributed by atoms with Gasteiger partial charge in [0.15, 0.2) is 0 Å². The molecule has 0 saturated heterocycles. The van der Waals surface area contributed by atoms with E-state index in [9.17, 15) is 18.0 Å². The maximum Gasteiger partial charge on any atom is 0.416 e. The number of hydrogen-bond acceptors (Lipinski definition) is 3. The Morgan fingerprint density at radius 2 is 1.30 bits per heavy atom. The smallest absolute Gasteiger partial charge is 0.310 e. The topological polar surface area (TPSA) is 42.0 Å². The standard InChI is InChI=1S/C30H45F3N2OS/c1-3-5-7-9-11-12-14-16-18-24(17-15-13-10-8-6-4-2)28(36)34-27-23-37-29(35-27)25-19-21-26(22-20-25)30(31,32)33/h19-24H,3-18H2,1-2H3,(H,34,36). The van der Waals surface area contributed by atoms with Crippen LogP contribution >= 0.6 is 11.3 Å². The van der Waals surface area contributed by atoms with Gasteiger partial charge in [0.25, 0.3) is 0 Å². The van der Waals surface area contributed by atoms with Gasteiger partial charge in [-0.1, -0.05) is 116 Å². The summed E-state index contributed by atoms with van der Waals surface area (Å²) < 4.78 is 38.5. The average molecular weight is 539 g/mol. The van der Waals surface area contributed by atoms with Crippen LogP contribution in [0.1, 0.15) is 122 Å². The molecular formula is C30H45F3N2OS. The molecule has 1 aromatic carbocycles. The van der Waals surface area contributed by atoms with E-state index < -0.39 is 11.7 Å². The highest BCUT2D eigenvalue weighted by Crippen LogP contribution is 2.32. The maximum atomic E-state index is 13.1. The van der Waals surface area contributed by atoms with Gasteiger partial charge in [0.2, 0.25) is 5.91 Å². The molecule has 2 aromatic rings. The van der Waals surface area contributed by atoms with Crippen LogP contribution in [0.15, 0.2) is 29.6 Å². The quantitative estimate of drug-likeness (QED) is 0.181. The van der Waals surface area contributed by atoms with Crippen molar-refractivity contribution in [3.63, 3.8) is 0 Å². The van der Waals surface area contributed by atoms with Crippen molar-refractivity contribution in [2.75, 3.05) is 5.32 Å². The third kappa shape index (κ3) is 12.5. The monoisotopic (exact) mass is 538 g/mol. The molecular weight excluding hydrogens is 493 g/mol. The summed E-state index contributed by atoms with van der Waals surface area (Å²) in [6, 6.07) is 4.98. The predicted octanol–water partition coefficient (Wildman–Crippen LogP) is 10.7. The lowest BCUT2D eigenvalue weighted by molar-refractivity contribution is -0.137. The molecule has 1 N–H and O–H groups in total. The molecule has 1 unspecified atom stereocenters. The fourth-order valence-corrected chi connectivity index (χ4v) is 5.35. The lowest BCUT2D eigenvalue weighted by Gasteiger charge is -2.16. The first-order valence-corrected chi connectivity index (χ1v) is 15.2. The number of nitrogens with one attached hydrogen (secondary N) is 1. The first kappa shape index (κ1) is 31.3. The lowest BCUT2D eigenvalue weighted by Crippen LogP contribution is -2.23. The molecule has 0 fully saturated rings. The van der Waals surface area contributed by atoms with Crippen LogP contribution in [0.4, 0.5) is 19.0 Å². The molecule has 2 rings (SSSR count). The van der Waals surface area contributed by atoms with Gasteiger partial charge in [-0.3, -0.25) is 4.79 Å². The number of amides is 1. The van der Waals surface area contributed by atoms with E-state index in [1.165, 1.54) is 94.1 Å². The Morgan fingerprint density at radius 3 is 1.78 bits per heavy atom. The molecule has 0 bridgehead atoms. The highest BCUT2D eigenvalue weighted by molar-refractivity contribution is 7.13. The minimum absolute atomic E-state index is 0.0146. The van der Waals surface area contributed by atoms with Gasteiger partial charge in [-0.25, -0.2) is 4.98 Å². The Labute approximate surface area is 225 Å². The molecule has 0 spiro atoms. The molecule has 37 heavy (non-hydrogen) atoms. The van der Waals surface area contributed by atoms with Gasteiger partial charge in [0.05, 0.1) is 5.56 Å². The van der Waals surface area contributed by atoms with Crippen LogP contribution in [-0.2, 0) is 11.0 Å². The van der Waals surface area contributed by atoms with Crippen LogP contribution in [0.25, 0.3) is 10.6 Å². The highest BCUT2D eigenvalue weighted by Gasteiger charge is 2.30. The zero-order chi connectivity index (χ0) is 26.9. The van der Waals surface area contributed by atoms with Crippen LogP contribution < -0.4 is 5.32 Å². The van der Waals surface area contributed by atoms with E-state index in [1.54, 1.807) is 5.38 Å². The van der Waals surface area contributed by atoms with E-state index in [0.29, 0.717) is 16.4 Å². The molecule has 0 saturated carbocycles. The number of rotatable bonds is 19. The minimum Gasteiger partial charge on any atom is -0.310 e. The minimum atomic E-state index is -4.36. The number of benzene rings is 1. The molecule has 1 amide bonds. The zero-order valence-corrected chi connectivity index (χ0v) is 23.5. The molecule has 208 valence electrons. The number of anilines is 1. The second-order valence-corrected chi connectivity index (χ2v) is 11.0. The van der Waals surface area contributed by atoms with Gasteiger partial charge in [0, 0.05) is 16.9 Å². The Hall–Kier alpha value is -1.89. The number of halogens is 3. The van der Waals surface area contributed by atoms with E-state index in [1.807, 2.05) is 0 Å². The van der Waals surface area contributed by atoms with Gasteiger partial charge in [-0.2, -0.15) is 13.2 Å². The number of aromatic nitrogens is 1. The Bertz CT molecular complexity index is 880.